The summed E-state index contributed by atoms with van der Waals surface area (Å²) in [7, 11) is 1.68. The first kappa shape index (κ1) is 32.0. The van der Waals surface area contributed by atoms with Crippen LogP contribution in [0, 0.1) is 11.3 Å². The van der Waals surface area contributed by atoms with Gasteiger partial charge in [0.1, 0.15) is 11.7 Å². The zero-order valence-electron chi connectivity index (χ0n) is 27.6. The minimum Gasteiger partial charge on any atom is -0.444 e. The minimum absolute atomic E-state index is 0.128. The highest BCUT2D eigenvalue weighted by molar-refractivity contribution is 5.95. The molecule has 2 aromatic heterocycles. The van der Waals surface area contributed by atoms with E-state index in [-0.39, 0.29) is 12.1 Å². The largest absolute Gasteiger partial charge is 0.444 e. The van der Waals surface area contributed by atoms with E-state index in [0.717, 1.165) is 73.7 Å². The first-order valence-corrected chi connectivity index (χ1v) is 16.3. The highest BCUT2D eigenvalue weighted by Gasteiger charge is 2.37. The van der Waals surface area contributed by atoms with Crippen LogP contribution in [-0.4, -0.2) is 115 Å². The zero-order valence-corrected chi connectivity index (χ0v) is 27.6. The van der Waals surface area contributed by atoms with E-state index in [9.17, 15) is 10.1 Å². The van der Waals surface area contributed by atoms with Crippen molar-refractivity contribution in [2.75, 3.05) is 69.3 Å². The van der Waals surface area contributed by atoms with Crippen molar-refractivity contribution in [2.24, 2.45) is 0 Å². The van der Waals surface area contributed by atoms with Crippen LogP contribution < -0.4 is 15.1 Å². The Kier molecular flexibility index (Phi) is 9.32. The van der Waals surface area contributed by atoms with Crippen molar-refractivity contribution in [3.05, 3.63) is 60.0 Å². The van der Waals surface area contributed by atoms with Gasteiger partial charge in [-0.05, 0) is 64.1 Å². The summed E-state index contributed by atoms with van der Waals surface area (Å²) in [5, 5.41) is 13.6. The maximum Gasteiger partial charge on any atom is 0.408 e. The number of methoxy groups -OCH3 is 1. The van der Waals surface area contributed by atoms with Crippen LogP contribution >= 0.6 is 0 Å². The van der Waals surface area contributed by atoms with Crippen LogP contribution in [0.2, 0.25) is 0 Å². The van der Waals surface area contributed by atoms with Crippen LogP contribution in [-0.2, 0) is 15.9 Å². The van der Waals surface area contributed by atoms with Gasteiger partial charge in [0.05, 0.1) is 35.1 Å². The summed E-state index contributed by atoms with van der Waals surface area (Å²) in [6, 6.07) is 15.3. The van der Waals surface area contributed by atoms with Gasteiger partial charge in [0.25, 0.3) is 0 Å². The molecule has 0 bridgehead atoms. The molecule has 1 aromatic carbocycles. The summed E-state index contributed by atoms with van der Waals surface area (Å²) in [5.74, 6) is 0. The fraction of sp³-hybridized carbons (Fsp3) is 0.543. The maximum absolute atomic E-state index is 12.4. The summed E-state index contributed by atoms with van der Waals surface area (Å²) >= 11 is 0. The lowest BCUT2D eigenvalue weighted by molar-refractivity contribution is 0.0355. The van der Waals surface area contributed by atoms with E-state index in [2.05, 4.69) is 67.2 Å². The molecular formula is C35H46N8O3. The average Bonchev–Trinajstić information content (AvgIpc) is 3.44. The quantitative estimate of drug-likeness (QED) is 0.417. The lowest BCUT2D eigenvalue weighted by Gasteiger charge is -2.51. The van der Waals surface area contributed by atoms with E-state index in [0.29, 0.717) is 30.7 Å². The van der Waals surface area contributed by atoms with Crippen LogP contribution in [0.4, 0.5) is 16.2 Å². The molecule has 6 rings (SSSR count). The molecule has 0 radical (unpaired) electrons. The zero-order chi connectivity index (χ0) is 32.4. The van der Waals surface area contributed by atoms with E-state index in [4.69, 9.17) is 14.5 Å². The number of nitriles is 1. The number of amides is 1. The van der Waals surface area contributed by atoms with Crippen molar-refractivity contribution in [3.63, 3.8) is 0 Å². The smallest absolute Gasteiger partial charge is 0.408 e. The van der Waals surface area contributed by atoms with Gasteiger partial charge >= 0.3 is 6.09 Å². The fourth-order valence-corrected chi connectivity index (χ4v) is 7.20. The third kappa shape index (κ3) is 7.04. The van der Waals surface area contributed by atoms with Gasteiger partial charge in [0, 0.05) is 101 Å². The number of piperazine rings is 2. The molecule has 3 fully saturated rings. The van der Waals surface area contributed by atoms with Crippen molar-refractivity contribution < 1.29 is 14.3 Å². The highest BCUT2D eigenvalue weighted by atomic mass is 16.6. The van der Waals surface area contributed by atoms with E-state index in [1.807, 2.05) is 39.1 Å². The Morgan fingerprint density at radius 1 is 1.04 bits per heavy atom. The Bertz CT molecular complexity index is 1570. The standard InChI is InChI=1S/C35H46N8O3/c1-24-19-42(31-11-8-25(17-36)33-29(31)7-6-13-37-33)21-28-20-40(15-16-43(24)28)14-12-26-9-10-27(18-38-26)41-22-30(32(23-41)45-5)39-34(44)46-35(2,3)4/h6-11,13,18,24,28,30,32H,12,14-16,19-23H2,1-5H3,(H,39,44)/t24-,28+,30-,32-/m1/s1. The van der Waals surface area contributed by atoms with Gasteiger partial charge in [-0.1, -0.05) is 0 Å². The Labute approximate surface area is 272 Å². The number of fused-ring (bicyclic) bond motifs is 2. The van der Waals surface area contributed by atoms with E-state index in [1.165, 1.54) is 0 Å². The average molecular weight is 627 g/mol. The molecule has 3 aromatic rings. The first-order chi connectivity index (χ1) is 22.1. The number of hydrogen-bond acceptors (Lipinski definition) is 10. The van der Waals surface area contributed by atoms with Crippen molar-refractivity contribution in [1.82, 2.24) is 25.1 Å². The summed E-state index contributed by atoms with van der Waals surface area (Å²) in [6.07, 6.45) is 4.04. The number of anilines is 2. The van der Waals surface area contributed by atoms with Gasteiger partial charge in [0.15, 0.2) is 0 Å². The van der Waals surface area contributed by atoms with Crippen molar-refractivity contribution in [3.8, 4) is 6.07 Å². The van der Waals surface area contributed by atoms with Gasteiger partial charge in [-0.15, -0.1) is 0 Å². The number of nitrogens with zero attached hydrogens (tertiary/aromatic N) is 7. The monoisotopic (exact) mass is 626 g/mol. The molecule has 5 heterocycles. The molecule has 11 heteroatoms. The molecule has 3 aliphatic heterocycles. The Hall–Kier alpha value is -3.98. The summed E-state index contributed by atoms with van der Waals surface area (Å²) < 4.78 is 11.1. The molecule has 244 valence electrons. The summed E-state index contributed by atoms with van der Waals surface area (Å²) in [5.41, 5.74) is 4.11. The second-order valence-corrected chi connectivity index (χ2v) is 13.8. The van der Waals surface area contributed by atoms with Crippen molar-refractivity contribution >= 4 is 28.4 Å². The molecule has 0 aliphatic carbocycles. The lowest BCUT2D eigenvalue weighted by Crippen LogP contribution is -2.65. The topological polar surface area (TPSA) is 110 Å². The van der Waals surface area contributed by atoms with Gasteiger partial charge < -0.3 is 29.5 Å². The van der Waals surface area contributed by atoms with E-state index < -0.39 is 11.7 Å². The highest BCUT2D eigenvalue weighted by Crippen LogP contribution is 2.32. The lowest BCUT2D eigenvalue weighted by atomic mass is 10.0. The van der Waals surface area contributed by atoms with Crippen LogP contribution in [0.25, 0.3) is 10.9 Å². The minimum atomic E-state index is -0.549. The third-order valence-corrected chi connectivity index (χ3v) is 9.43. The SMILES string of the molecule is CO[C@@H]1CN(c2ccc(CCN3CCN4[C@@H](C3)CN(c3ccc(C#N)c5ncccc35)C[C@H]4C)nc2)C[C@H]1NC(=O)OC(C)(C)C. The predicted molar refractivity (Wildman–Crippen MR) is 179 cm³/mol. The number of nitrogens with one attached hydrogen (secondary N) is 1. The van der Waals surface area contributed by atoms with Crippen LogP contribution in [0.3, 0.4) is 0 Å². The molecule has 0 spiro atoms. The number of pyridine rings is 2. The number of carbonyl (C=O) groups excluding carboxylic acids is 1. The number of hydrogen-bond donors (Lipinski definition) is 1. The van der Waals surface area contributed by atoms with Crippen LogP contribution in [0.5, 0.6) is 0 Å². The molecule has 3 aliphatic rings. The third-order valence-electron chi connectivity index (χ3n) is 9.43. The van der Waals surface area contributed by atoms with Gasteiger partial charge in [0.2, 0.25) is 0 Å². The number of rotatable bonds is 7. The molecule has 0 saturated carbocycles. The predicted octanol–water partition coefficient (Wildman–Crippen LogP) is 3.67. The van der Waals surface area contributed by atoms with Gasteiger partial charge in [-0.2, -0.15) is 5.26 Å². The van der Waals surface area contributed by atoms with E-state index in [1.54, 1.807) is 13.3 Å². The van der Waals surface area contributed by atoms with Gasteiger partial charge in [-0.25, -0.2) is 4.79 Å². The number of ether oxygens (including phenoxy) is 2. The summed E-state index contributed by atoms with van der Waals surface area (Å²) in [4.78, 5) is 31.6. The molecule has 1 amide bonds. The number of aromatic nitrogens is 2. The number of benzene rings is 1. The second kappa shape index (κ2) is 13.4. The number of alkyl carbamates (subject to hydrolysis) is 1. The molecule has 4 atom stereocenters. The summed E-state index contributed by atoms with van der Waals surface area (Å²) in [6.45, 7) is 15.2. The molecule has 11 nitrogen and oxygen atoms in total. The normalized spacial score (nSPS) is 24.1. The molecule has 1 N–H and O–H groups in total. The number of carbonyl (C=O) groups is 1. The van der Waals surface area contributed by atoms with Crippen molar-refractivity contribution in [1.29, 1.82) is 5.26 Å². The maximum atomic E-state index is 12.4. The van der Waals surface area contributed by atoms with Crippen molar-refractivity contribution in [2.45, 2.75) is 63.9 Å². The Morgan fingerprint density at radius 3 is 2.63 bits per heavy atom. The van der Waals surface area contributed by atoms with E-state index >= 15 is 0 Å². The van der Waals surface area contributed by atoms with Crippen LogP contribution in [0.15, 0.2) is 48.8 Å². The molecule has 0 unspecified atom stereocenters. The Morgan fingerprint density at radius 2 is 1.89 bits per heavy atom. The molecular weight excluding hydrogens is 580 g/mol. The van der Waals surface area contributed by atoms with Crippen LogP contribution in [0.1, 0.15) is 39.0 Å². The Balaban J connectivity index is 1.04. The second-order valence-electron chi connectivity index (χ2n) is 13.8. The van der Waals surface area contributed by atoms with Gasteiger partial charge in [-0.3, -0.25) is 14.9 Å². The fourth-order valence-electron chi connectivity index (χ4n) is 7.20. The first-order valence-electron chi connectivity index (χ1n) is 16.3. The molecule has 46 heavy (non-hydrogen) atoms. The molecule has 3 saturated heterocycles.